The number of fused-ring (bicyclic) bond motifs is 19. The van der Waals surface area contributed by atoms with Crippen LogP contribution in [0.2, 0.25) is 13.1 Å². The summed E-state index contributed by atoms with van der Waals surface area (Å²) in [6.45, 7) is 29.1. The van der Waals surface area contributed by atoms with Crippen molar-refractivity contribution >= 4 is 69.4 Å². The molecule has 3 aliphatic heterocycles. The Hall–Kier alpha value is -6.36. The smallest absolute Gasteiger partial charge is 0.333 e. The quantitative estimate of drug-likeness (QED) is 0.149. The molecule has 0 spiro atoms. The van der Waals surface area contributed by atoms with Gasteiger partial charge in [0, 0.05) is 44.2 Å². The SMILES string of the molecule is CC(C)(C)c1ccc(N2B3c4cc5c(cc4-n4c6ccc(C(C)(C)C)cc6c6c7c(c(c3c64)-c3cc4c(cc32)-c2ccccc2C4(C)C)-c2ccccc2[Si]7(C)C)-c2ccccc2C5(C)C)cc1. The highest BCUT2D eigenvalue weighted by molar-refractivity contribution is 7.06. The first kappa shape index (κ1) is 40.7. The molecule has 1 aromatic heterocycles. The van der Waals surface area contributed by atoms with E-state index in [1.807, 2.05) is 0 Å². The zero-order valence-corrected chi connectivity index (χ0v) is 42.8. The first-order valence-corrected chi connectivity index (χ1v) is 28.1. The monoisotopic (exact) mass is 894 g/mol. The summed E-state index contributed by atoms with van der Waals surface area (Å²) in [6, 6.07) is 55.6. The maximum Gasteiger partial charge on any atom is 0.333 e. The molecule has 14 rings (SSSR count). The summed E-state index contributed by atoms with van der Waals surface area (Å²) in [5.41, 5.74) is 28.7. The van der Waals surface area contributed by atoms with Crippen LogP contribution in [0.3, 0.4) is 0 Å². The molecule has 0 bridgehead atoms. The summed E-state index contributed by atoms with van der Waals surface area (Å²) < 4.78 is 2.75. The lowest BCUT2D eigenvalue weighted by atomic mass is 9.43. The topological polar surface area (TPSA) is 8.17 Å². The third-order valence-electron chi connectivity index (χ3n) is 17.6. The van der Waals surface area contributed by atoms with Gasteiger partial charge < -0.3 is 9.38 Å². The zero-order valence-electron chi connectivity index (χ0n) is 41.8. The number of nitrogens with zero attached hydrogens (tertiary/aromatic N) is 2. The van der Waals surface area contributed by atoms with Gasteiger partial charge in [-0.15, -0.1) is 0 Å². The molecule has 0 N–H and O–H groups in total. The zero-order chi connectivity index (χ0) is 46.9. The number of aromatic nitrogens is 1. The number of benzene rings is 8. The molecule has 5 aliphatic rings. The molecule has 0 saturated heterocycles. The van der Waals surface area contributed by atoms with Gasteiger partial charge in [0.25, 0.3) is 0 Å². The molecule has 0 radical (unpaired) electrons. The van der Waals surface area contributed by atoms with Crippen molar-refractivity contribution in [3.05, 3.63) is 173 Å². The predicted molar refractivity (Wildman–Crippen MR) is 295 cm³/mol. The number of anilines is 2. The third-order valence-corrected chi connectivity index (χ3v) is 21.2. The van der Waals surface area contributed by atoms with Gasteiger partial charge in [0.05, 0.1) is 11.0 Å². The minimum Gasteiger partial charge on any atom is -0.376 e. The van der Waals surface area contributed by atoms with Gasteiger partial charge in [0.2, 0.25) is 0 Å². The van der Waals surface area contributed by atoms with Crippen molar-refractivity contribution < 1.29 is 0 Å². The fraction of sp³-hybridized carbons (Fsp3) is 0.250. The van der Waals surface area contributed by atoms with E-state index in [1.165, 1.54) is 128 Å². The van der Waals surface area contributed by atoms with Crippen LogP contribution in [0.25, 0.3) is 72.0 Å². The number of hydrogen-bond donors (Lipinski definition) is 0. The minimum absolute atomic E-state index is 0.00758. The van der Waals surface area contributed by atoms with Crippen molar-refractivity contribution in [3.8, 4) is 50.2 Å². The summed E-state index contributed by atoms with van der Waals surface area (Å²) in [5.74, 6) is 0. The van der Waals surface area contributed by atoms with E-state index in [-0.39, 0.29) is 28.5 Å². The highest BCUT2D eigenvalue weighted by Crippen LogP contribution is 2.57. The van der Waals surface area contributed by atoms with Crippen molar-refractivity contribution in [2.24, 2.45) is 0 Å². The second-order valence-corrected chi connectivity index (χ2v) is 28.8. The van der Waals surface area contributed by atoms with Crippen molar-refractivity contribution in [1.29, 1.82) is 0 Å². The van der Waals surface area contributed by atoms with Crippen LogP contribution in [0.4, 0.5) is 11.4 Å². The summed E-state index contributed by atoms with van der Waals surface area (Å²) in [6.07, 6.45) is 0. The summed E-state index contributed by atoms with van der Waals surface area (Å²) in [4.78, 5) is 2.79. The molecule has 0 fully saturated rings. The molecule has 0 unspecified atom stereocenters. The highest BCUT2D eigenvalue weighted by atomic mass is 28.3. The van der Waals surface area contributed by atoms with Crippen molar-refractivity contribution in [2.75, 3.05) is 4.81 Å². The van der Waals surface area contributed by atoms with E-state index in [2.05, 4.69) is 231 Å². The number of hydrogen-bond acceptors (Lipinski definition) is 1. The van der Waals surface area contributed by atoms with E-state index in [1.54, 1.807) is 10.4 Å². The van der Waals surface area contributed by atoms with E-state index in [9.17, 15) is 0 Å². The molecule has 4 heteroatoms. The van der Waals surface area contributed by atoms with Crippen molar-refractivity contribution in [2.45, 2.75) is 104 Å². The molecule has 68 heavy (non-hydrogen) atoms. The molecule has 2 aliphatic carbocycles. The molecule has 0 atom stereocenters. The summed E-state index contributed by atoms with van der Waals surface area (Å²) in [5, 5.41) is 6.03. The maximum absolute atomic E-state index is 2.79. The molecular formula is C64H59BN2Si. The Morgan fingerprint density at radius 2 is 1.06 bits per heavy atom. The molecule has 9 aromatic rings. The third kappa shape index (κ3) is 4.85. The lowest BCUT2D eigenvalue weighted by Gasteiger charge is -2.44. The average molecular weight is 895 g/mol. The standard InChI is InChI=1S/C64H59BN2Si/c1-61(2,3)36-25-28-38(29-26-36)67-52-33-42-39-19-13-16-22-46(39)63(7,8)48(42)32-45(52)55-56-41-21-15-18-24-54(41)68(11,12)60(56)57-44-31-37(62(4,5)6)27-30-51(44)66-53-34-43-40-20-14-17-23-47(40)64(9,10)49(43)35-50(53)65(67)58(55)59(57)66/h13-35H,1-12H3. The maximum atomic E-state index is 2.79. The summed E-state index contributed by atoms with van der Waals surface area (Å²) in [7, 11) is -2.30. The molecule has 332 valence electrons. The molecular weight excluding hydrogens is 836 g/mol. The van der Waals surface area contributed by atoms with Crippen molar-refractivity contribution in [3.63, 3.8) is 0 Å². The van der Waals surface area contributed by atoms with E-state index in [0.717, 1.165) is 0 Å². The van der Waals surface area contributed by atoms with Gasteiger partial charge in [0.1, 0.15) is 8.07 Å². The van der Waals surface area contributed by atoms with E-state index >= 15 is 0 Å². The fourth-order valence-corrected chi connectivity index (χ4v) is 17.5. The average Bonchev–Trinajstić information content (AvgIpc) is 3.93. The Balaban J connectivity index is 1.23. The lowest BCUT2D eigenvalue weighted by Crippen LogP contribution is -2.61. The Labute approximate surface area is 403 Å². The fourth-order valence-electron chi connectivity index (χ4n) is 14.1. The van der Waals surface area contributed by atoms with Crippen LogP contribution < -0.4 is 26.1 Å². The van der Waals surface area contributed by atoms with E-state index in [4.69, 9.17) is 0 Å². The Morgan fingerprint density at radius 1 is 0.500 bits per heavy atom. The van der Waals surface area contributed by atoms with Gasteiger partial charge in [-0.25, -0.2) is 0 Å². The molecule has 8 aromatic carbocycles. The molecule has 0 saturated carbocycles. The van der Waals surface area contributed by atoms with E-state index < -0.39 is 8.07 Å². The molecule has 2 nitrogen and oxygen atoms in total. The largest absolute Gasteiger partial charge is 0.376 e. The van der Waals surface area contributed by atoms with Crippen LogP contribution in [0.5, 0.6) is 0 Å². The van der Waals surface area contributed by atoms with Crippen LogP contribution in [0, 0.1) is 0 Å². The van der Waals surface area contributed by atoms with Gasteiger partial charge in [-0.3, -0.25) is 0 Å². The van der Waals surface area contributed by atoms with Crippen LogP contribution >= 0.6 is 0 Å². The normalized spacial score (nSPS) is 16.8. The highest BCUT2D eigenvalue weighted by Gasteiger charge is 2.52. The van der Waals surface area contributed by atoms with Crippen LogP contribution in [0.1, 0.15) is 103 Å². The van der Waals surface area contributed by atoms with Gasteiger partial charge in [-0.2, -0.15) is 0 Å². The summed E-state index contributed by atoms with van der Waals surface area (Å²) >= 11 is 0. The van der Waals surface area contributed by atoms with Gasteiger partial charge in [-0.1, -0.05) is 179 Å². The Bertz CT molecular complexity index is 3790. The lowest BCUT2D eigenvalue weighted by molar-refractivity contribution is 0.590. The van der Waals surface area contributed by atoms with Gasteiger partial charge in [-0.05, 0) is 147 Å². The molecule has 0 amide bonds. The number of rotatable bonds is 1. The van der Waals surface area contributed by atoms with Crippen molar-refractivity contribution in [1.82, 2.24) is 4.57 Å². The Morgan fingerprint density at radius 3 is 1.69 bits per heavy atom. The first-order valence-electron chi connectivity index (χ1n) is 25.1. The van der Waals surface area contributed by atoms with Crippen LogP contribution in [-0.2, 0) is 21.7 Å². The second kappa shape index (κ2) is 12.6. The van der Waals surface area contributed by atoms with Gasteiger partial charge in [0.15, 0.2) is 0 Å². The molecule has 4 heterocycles. The van der Waals surface area contributed by atoms with Gasteiger partial charge >= 0.3 is 6.85 Å². The Kier molecular flexibility index (Phi) is 7.56. The second-order valence-electron chi connectivity index (χ2n) is 24.5. The first-order chi connectivity index (χ1) is 32.3. The predicted octanol–water partition coefficient (Wildman–Crippen LogP) is 14.0. The minimum atomic E-state index is -2.30. The van der Waals surface area contributed by atoms with E-state index in [0.29, 0.717) is 0 Å². The van der Waals surface area contributed by atoms with Crippen LogP contribution in [0.15, 0.2) is 140 Å². The van der Waals surface area contributed by atoms with Crippen LogP contribution in [-0.4, -0.2) is 19.5 Å².